The van der Waals surface area contributed by atoms with E-state index in [2.05, 4.69) is 65.6 Å². The zero-order valence-corrected chi connectivity index (χ0v) is 28.2. The molecule has 0 N–H and O–H groups in total. The molecule has 1 fully saturated rings. The highest BCUT2D eigenvalue weighted by Gasteiger charge is 2.30. The van der Waals surface area contributed by atoms with E-state index in [0.717, 1.165) is 39.9 Å². The number of methoxy groups -OCH3 is 1. The minimum atomic E-state index is -0.292. The molecule has 1 amide bonds. The Hall–Kier alpha value is -2.78. The fourth-order valence-corrected chi connectivity index (χ4v) is 7.35. The summed E-state index contributed by atoms with van der Waals surface area (Å²) in [5, 5.41) is 3.74. The van der Waals surface area contributed by atoms with Crippen molar-refractivity contribution in [2.75, 3.05) is 26.8 Å². The Morgan fingerprint density at radius 3 is 2.17 bits per heavy atom. The molecule has 0 atom stereocenters. The molecule has 42 heavy (non-hydrogen) atoms. The van der Waals surface area contributed by atoms with Gasteiger partial charge in [-0.1, -0.05) is 41.5 Å². The third-order valence-corrected chi connectivity index (χ3v) is 9.76. The van der Waals surface area contributed by atoms with E-state index in [1.807, 2.05) is 10.3 Å². The van der Waals surface area contributed by atoms with Gasteiger partial charge in [0.25, 0.3) is 0 Å². The maximum atomic E-state index is 13.0. The number of aromatic nitrogens is 2. The molecule has 0 radical (unpaired) electrons. The van der Waals surface area contributed by atoms with E-state index in [9.17, 15) is 9.59 Å². The SMILES string of the molecule is CCOC(=O)Cc1csc(CC(=O)N2CCC(c3nc(-c4cc(C(C)(C)C)c(OC)c(C(C)(C)C)c4)c(C)s3)CC2)n1. The molecule has 3 aromatic rings. The van der Waals surface area contributed by atoms with Gasteiger partial charge in [0.15, 0.2) is 0 Å². The van der Waals surface area contributed by atoms with E-state index in [1.165, 1.54) is 27.3 Å². The minimum absolute atomic E-state index is 0.0748. The van der Waals surface area contributed by atoms with Gasteiger partial charge in [0.1, 0.15) is 10.8 Å². The Morgan fingerprint density at radius 2 is 1.62 bits per heavy atom. The van der Waals surface area contributed by atoms with Crippen LogP contribution in [0.3, 0.4) is 0 Å². The van der Waals surface area contributed by atoms with Crippen LogP contribution in [0.15, 0.2) is 17.5 Å². The molecular formula is C33H45N3O4S2. The van der Waals surface area contributed by atoms with Gasteiger partial charge in [0, 0.05) is 46.0 Å². The van der Waals surface area contributed by atoms with Gasteiger partial charge in [-0.15, -0.1) is 22.7 Å². The number of likely N-dealkylation sites (tertiary alicyclic amines) is 1. The maximum Gasteiger partial charge on any atom is 0.311 e. The number of esters is 1. The smallest absolute Gasteiger partial charge is 0.311 e. The van der Waals surface area contributed by atoms with Crippen LogP contribution in [-0.4, -0.2) is 53.6 Å². The monoisotopic (exact) mass is 611 g/mol. The fraction of sp³-hybridized carbons (Fsp3) is 0.576. The summed E-state index contributed by atoms with van der Waals surface area (Å²) in [6, 6.07) is 4.52. The number of thiazole rings is 2. The zero-order valence-electron chi connectivity index (χ0n) is 26.6. The highest BCUT2D eigenvalue weighted by molar-refractivity contribution is 7.12. The summed E-state index contributed by atoms with van der Waals surface area (Å²) < 4.78 is 11.0. The Morgan fingerprint density at radius 1 is 1.00 bits per heavy atom. The predicted molar refractivity (Wildman–Crippen MR) is 171 cm³/mol. The van der Waals surface area contributed by atoms with Crippen molar-refractivity contribution in [3.05, 3.63) is 49.2 Å². The van der Waals surface area contributed by atoms with Crippen molar-refractivity contribution in [2.45, 2.75) is 97.8 Å². The first kappa shape index (κ1) is 32.1. The van der Waals surface area contributed by atoms with Crippen molar-refractivity contribution in [2.24, 2.45) is 0 Å². The van der Waals surface area contributed by atoms with Gasteiger partial charge in [0.05, 0.1) is 43.0 Å². The Kier molecular flexibility index (Phi) is 9.82. The summed E-state index contributed by atoms with van der Waals surface area (Å²) in [4.78, 5) is 37.6. The van der Waals surface area contributed by atoms with Crippen molar-refractivity contribution in [1.29, 1.82) is 0 Å². The average molecular weight is 612 g/mol. The number of benzene rings is 1. The summed E-state index contributed by atoms with van der Waals surface area (Å²) in [6.07, 6.45) is 2.20. The van der Waals surface area contributed by atoms with Crippen LogP contribution in [0.5, 0.6) is 5.75 Å². The Balaban J connectivity index is 1.46. The molecule has 1 aliphatic heterocycles. The summed E-state index contributed by atoms with van der Waals surface area (Å²) in [5.41, 5.74) is 5.10. The van der Waals surface area contributed by atoms with Gasteiger partial charge in [-0.2, -0.15) is 0 Å². The van der Waals surface area contributed by atoms with E-state index < -0.39 is 0 Å². The predicted octanol–water partition coefficient (Wildman–Crippen LogP) is 7.23. The fourth-order valence-electron chi connectivity index (χ4n) is 5.45. The first-order valence-corrected chi connectivity index (χ1v) is 16.5. The van der Waals surface area contributed by atoms with Gasteiger partial charge in [-0.05, 0) is 49.7 Å². The van der Waals surface area contributed by atoms with Crippen LogP contribution in [-0.2, 0) is 38.0 Å². The number of aryl methyl sites for hydroxylation is 1. The summed E-state index contributed by atoms with van der Waals surface area (Å²) in [7, 11) is 1.77. The van der Waals surface area contributed by atoms with Crippen molar-refractivity contribution < 1.29 is 19.1 Å². The summed E-state index contributed by atoms with van der Waals surface area (Å²) in [6.45, 7) is 19.1. The third kappa shape index (κ3) is 7.40. The van der Waals surface area contributed by atoms with Crippen molar-refractivity contribution in [3.8, 4) is 17.0 Å². The lowest BCUT2D eigenvalue weighted by atomic mass is 9.78. The number of hydrogen-bond acceptors (Lipinski definition) is 8. The molecule has 0 bridgehead atoms. The molecule has 1 saturated heterocycles. The van der Waals surface area contributed by atoms with E-state index in [1.54, 1.807) is 25.4 Å². The first-order chi connectivity index (χ1) is 19.7. The minimum Gasteiger partial charge on any atom is -0.496 e. The molecule has 7 nitrogen and oxygen atoms in total. The van der Waals surface area contributed by atoms with E-state index in [-0.39, 0.29) is 35.5 Å². The number of nitrogens with zero attached hydrogens (tertiary/aromatic N) is 3. The van der Waals surface area contributed by atoms with Crippen LogP contribution in [0.2, 0.25) is 0 Å². The standard InChI is InChI=1S/C33H45N3O4S2/c1-10-40-28(38)17-23-19-41-26(34-23)18-27(37)36-13-11-21(12-14-36)31-35-29(20(2)42-31)22-15-24(32(3,4)5)30(39-9)25(16-22)33(6,7)8/h15-16,19,21H,10-14,17-18H2,1-9H3. The van der Waals surface area contributed by atoms with E-state index in [0.29, 0.717) is 31.3 Å². The lowest BCUT2D eigenvalue weighted by Crippen LogP contribution is -2.38. The maximum absolute atomic E-state index is 13.0. The van der Waals surface area contributed by atoms with Gasteiger partial charge >= 0.3 is 5.97 Å². The lowest BCUT2D eigenvalue weighted by Gasteiger charge is -2.31. The number of carbonyl (C=O) groups excluding carboxylic acids is 2. The molecule has 1 aliphatic rings. The molecular weight excluding hydrogens is 567 g/mol. The number of carbonyl (C=O) groups is 2. The number of rotatable bonds is 8. The molecule has 0 aliphatic carbocycles. The summed E-state index contributed by atoms with van der Waals surface area (Å²) >= 11 is 3.21. The Bertz CT molecular complexity index is 1380. The van der Waals surface area contributed by atoms with Crippen LogP contribution in [0.1, 0.15) is 98.9 Å². The van der Waals surface area contributed by atoms with Crippen LogP contribution >= 0.6 is 22.7 Å². The molecule has 2 aromatic heterocycles. The van der Waals surface area contributed by atoms with Gasteiger partial charge < -0.3 is 14.4 Å². The van der Waals surface area contributed by atoms with Crippen LogP contribution in [0, 0.1) is 6.92 Å². The topological polar surface area (TPSA) is 81.6 Å². The van der Waals surface area contributed by atoms with E-state index in [4.69, 9.17) is 14.5 Å². The van der Waals surface area contributed by atoms with Gasteiger partial charge in [-0.25, -0.2) is 9.97 Å². The summed E-state index contributed by atoms with van der Waals surface area (Å²) in [5.74, 6) is 1.10. The number of ether oxygens (including phenoxy) is 2. The van der Waals surface area contributed by atoms with Crippen molar-refractivity contribution in [3.63, 3.8) is 0 Å². The van der Waals surface area contributed by atoms with Crippen molar-refractivity contribution >= 4 is 34.6 Å². The number of amides is 1. The highest BCUT2D eigenvalue weighted by atomic mass is 32.1. The largest absolute Gasteiger partial charge is 0.496 e. The second kappa shape index (κ2) is 12.8. The molecule has 0 spiro atoms. The van der Waals surface area contributed by atoms with Gasteiger partial charge in [0.2, 0.25) is 5.91 Å². The first-order valence-electron chi connectivity index (χ1n) is 14.8. The Labute approximate surface area is 258 Å². The van der Waals surface area contributed by atoms with E-state index >= 15 is 0 Å². The van der Waals surface area contributed by atoms with Gasteiger partial charge in [-0.3, -0.25) is 9.59 Å². The van der Waals surface area contributed by atoms with Crippen LogP contribution in [0.4, 0.5) is 0 Å². The average Bonchev–Trinajstić information content (AvgIpc) is 3.52. The molecule has 3 heterocycles. The zero-order chi connectivity index (χ0) is 30.8. The van der Waals surface area contributed by atoms with Crippen molar-refractivity contribution in [1.82, 2.24) is 14.9 Å². The molecule has 0 unspecified atom stereocenters. The molecule has 0 saturated carbocycles. The second-order valence-electron chi connectivity index (χ2n) is 13.1. The molecule has 4 rings (SSSR count). The number of piperidine rings is 1. The molecule has 228 valence electrons. The van der Waals surface area contributed by atoms with Crippen LogP contribution < -0.4 is 4.74 Å². The molecule has 9 heteroatoms. The number of hydrogen-bond donors (Lipinski definition) is 0. The normalized spacial score (nSPS) is 14.7. The quantitative estimate of drug-likeness (QED) is 0.250. The lowest BCUT2D eigenvalue weighted by molar-refractivity contribution is -0.142. The molecule has 1 aromatic carbocycles. The highest BCUT2D eigenvalue weighted by Crippen LogP contribution is 2.44. The van der Waals surface area contributed by atoms with Crippen LogP contribution in [0.25, 0.3) is 11.3 Å². The third-order valence-electron chi connectivity index (χ3n) is 7.73. The second-order valence-corrected chi connectivity index (χ2v) is 15.3.